The fourth-order valence-electron chi connectivity index (χ4n) is 3.31. The summed E-state index contributed by atoms with van der Waals surface area (Å²) in [6.45, 7) is 3.77. The molecule has 0 bridgehead atoms. The highest BCUT2D eigenvalue weighted by atomic mass is 35.5. The first-order valence-corrected chi connectivity index (χ1v) is 9.19. The number of likely N-dealkylation sites (tertiary alicyclic amines) is 1. The van der Waals surface area contributed by atoms with Gasteiger partial charge in [-0.25, -0.2) is 9.97 Å². The molecule has 0 saturated carbocycles. The molecule has 0 aliphatic carbocycles. The van der Waals surface area contributed by atoms with Crippen LogP contribution in [0.4, 0.5) is 23.0 Å². The number of nitrogens with one attached hydrogen (secondary N) is 1. The molecule has 0 atom stereocenters. The summed E-state index contributed by atoms with van der Waals surface area (Å²) in [5.74, 6) is 0.488. The molecule has 1 aliphatic heterocycles. The average Bonchev–Trinajstić information content (AvgIpc) is 2.65. The Labute approximate surface area is 163 Å². The third-order valence-electron chi connectivity index (χ3n) is 5.08. The van der Waals surface area contributed by atoms with E-state index >= 15 is 0 Å². The van der Waals surface area contributed by atoms with Crippen molar-refractivity contribution in [1.29, 1.82) is 0 Å². The SMILES string of the molecule is Cc1c(Cl)cccc1Nc1ncnc(N(C)C2CCN(C)CC2)c1[N+](=O)[O-]. The molecule has 1 aromatic heterocycles. The molecule has 1 fully saturated rings. The van der Waals surface area contributed by atoms with Gasteiger partial charge in [-0.15, -0.1) is 0 Å². The van der Waals surface area contributed by atoms with Crippen LogP contribution in [0.1, 0.15) is 18.4 Å². The zero-order valence-corrected chi connectivity index (χ0v) is 16.4. The third-order valence-corrected chi connectivity index (χ3v) is 5.49. The van der Waals surface area contributed by atoms with Gasteiger partial charge in [0.1, 0.15) is 6.33 Å². The fourth-order valence-corrected chi connectivity index (χ4v) is 3.49. The quantitative estimate of drug-likeness (QED) is 0.616. The Balaban J connectivity index is 1.95. The van der Waals surface area contributed by atoms with Gasteiger partial charge in [0.05, 0.1) is 4.92 Å². The van der Waals surface area contributed by atoms with E-state index in [1.807, 2.05) is 24.9 Å². The Bertz CT molecular complexity index is 839. The number of halogens is 1. The zero-order chi connectivity index (χ0) is 19.6. The second-order valence-electron chi connectivity index (χ2n) is 6.83. The van der Waals surface area contributed by atoms with Crippen LogP contribution in [0.3, 0.4) is 0 Å². The molecule has 0 amide bonds. The minimum absolute atomic E-state index is 0.127. The van der Waals surface area contributed by atoms with Crippen molar-refractivity contribution in [3.05, 3.63) is 45.2 Å². The van der Waals surface area contributed by atoms with Crippen LogP contribution < -0.4 is 10.2 Å². The largest absolute Gasteiger partial charge is 0.353 e. The molecule has 144 valence electrons. The third kappa shape index (κ3) is 4.12. The molecule has 1 aromatic carbocycles. The Morgan fingerprint density at radius 1 is 1.33 bits per heavy atom. The Morgan fingerprint density at radius 2 is 2.04 bits per heavy atom. The Hall–Kier alpha value is -2.45. The van der Waals surface area contributed by atoms with E-state index < -0.39 is 4.92 Å². The maximum Gasteiger partial charge on any atom is 0.353 e. The lowest BCUT2D eigenvalue weighted by atomic mass is 10.0. The van der Waals surface area contributed by atoms with E-state index in [4.69, 9.17) is 11.6 Å². The standard InChI is InChI=1S/C18H23ClN6O2/c1-12-14(19)5-4-6-15(12)22-17-16(25(26)27)18(21-11-20-17)24(3)13-7-9-23(2)10-8-13/h4-6,11,13H,7-10H2,1-3H3,(H,20,21,22). The van der Waals surface area contributed by atoms with Gasteiger partial charge in [0, 0.05) is 23.8 Å². The van der Waals surface area contributed by atoms with Gasteiger partial charge < -0.3 is 15.1 Å². The predicted octanol–water partition coefficient (Wildman–Crippen LogP) is 3.62. The molecule has 1 aliphatic rings. The minimum atomic E-state index is -0.428. The van der Waals surface area contributed by atoms with Crippen LogP contribution in [0.2, 0.25) is 5.02 Å². The molecule has 0 unspecified atom stereocenters. The van der Waals surface area contributed by atoms with E-state index in [0.717, 1.165) is 31.5 Å². The molecule has 2 aromatic rings. The number of aromatic nitrogens is 2. The number of hydrogen-bond donors (Lipinski definition) is 1. The van der Waals surface area contributed by atoms with Gasteiger partial charge in [0.25, 0.3) is 0 Å². The van der Waals surface area contributed by atoms with Crippen LogP contribution in [0.25, 0.3) is 0 Å². The molecule has 1 N–H and O–H groups in total. The second kappa shape index (κ2) is 8.06. The maximum absolute atomic E-state index is 11.8. The van der Waals surface area contributed by atoms with Gasteiger partial charge in [0.2, 0.25) is 11.6 Å². The lowest BCUT2D eigenvalue weighted by molar-refractivity contribution is -0.383. The summed E-state index contributed by atoms with van der Waals surface area (Å²) in [6, 6.07) is 5.58. The molecule has 0 spiro atoms. The van der Waals surface area contributed by atoms with E-state index in [1.165, 1.54) is 6.33 Å². The highest BCUT2D eigenvalue weighted by molar-refractivity contribution is 6.31. The number of benzene rings is 1. The molecule has 9 heteroatoms. The molecule has 0 radical (unpaired) electrons. The van der Waals surface area contributed by atoms with Crippen LogP contribution in [0.5, 0.6) is 0 Å². The summed E-state index contributed by atoms with van der Waals surface area (Å²) in [5, 5.41) is 15.5. The summed E-state index contributed by atoms with van der Waals surface area (Å²) in [6.07, 6.45) is 3.23. The maximum atomic E-state index is 11.8. The van der Waals surface area contributed by atoms with Gasteiger partial charge in [-0.1, -0.05) is 17.7 Å². The second-order valence-corrected chi connectivity index (χ2v) is 7.24. The molecular formula is C18H23ClN6O2. The molecule has 8 nitrogen and oxygen atoms in total. The minimum Gasteiger partial charge on any atom is -0.351 e. The number of anilines is 3. The Morgan fingerprint density at radius 3 is 2.70 bits per heavy atom. The molecule has 27 heavy (non-hydrogen) atoms. The fraction of sp³-hybridized carbons (Fsp3) is 0.444. The van der Waals surface area contributed by atoms with Crippen molar-refractivity contribution in [2.75, 3.05) is 37.4 Å². The number of nitro groups is 1. The number of rotatable bonds is 5. The lowest BCUT2D eigenvalue weighted by Gasteiger charge is -2.35. The van der Waals surface area contributed by atoms with Crippen molar-refractivity contribution in [3.63, 3.8) is 0 Å². The van der Waals surface area contributed by atoms with Crippen molar-refractivity contribution in [2.45, 2.75) is 25.8 Å². The summed E-state index contributed by atoms with van der Waals surface area (Å²) < 4.78 is 0. The first kappa shape index (κ1) is 19.3. The summed E-state index contributed by atoms with van der Waals surface area (Å²) in [4.78, 5) is 23.9. The van der Waals surface area contributed by atoms with Crippen molar-refractivity contribution in [1.82, 2.24) is 14.9 Å². The van der Waals surface area contributed by atoms with Crippen molar-refractivity contribution in [3.8, 4) is 0 Å². The summed E-state index contributed by atoms with van der Waals surface area (Å²) in [5.41, 5.74) is 1.35. The Kier molecular flexibility index (Phi) is 5.76. The highest BCUT2D eigenvalue weighted by Gasteiger charge is 2.30. The molecule has 1 saturated heterocycles. The van der Waals surface area contributed by atoms with E-state index in [-0.39, 0.29) is 17.5 Å². The highest BCUT2D eigenvalue weighted by Crippen LogP contribution is 2.36. The van der Waals surface area contributed by atoms with Gasteiger partial charge in [-0.05, 0) is 57.6 Å². The smallest absolute Gasteiger partial charge is 0.351 e. The zero-order valence-electron chi connectivity index (χ0n) is 15.6. The van der Waals surface area contributed by atoms with Gasteiger partial charge in [0.15, 0.2) is 0 Å². The van der Waals surface area contributed by atoms with E-state index in [0.29, 0.717) is 16.5 Å². The monoisotopic (exact) mass is 390 g/mol. The topological polar surface area (TPSA) is 87.4 Å². The van der Waals surface area contributed by atoms with Crippen LogP contribution >= 0.6 is 11.6 Å². The van der Waals surface area contributed by atoms with Gasteiger partial charge in [-0.2, -0.15) is 0 Å². The van der Waals surface area contributed by atoms with E-state index in [2.05, 4.69) is 27.2 Å². The van der Waals surface area contributed by atoms with Crippen LogP contribution in [-0.4, -0.2) is 53.0 Å². The number of nitrogens with zero attached hydrogens (tertiary/aromatic N) is 5. The summed E-state index contributed by atoms with van der Waals surface area (Å²) >= 11 is 6.16. The number of hydrogen-bond acceptors (Lipinski definition) is 7. The van der Waals surface area contributed by atoms with Gasteiger partial charge >= 0.3 is 5.69 Å². The van der Waals surface area contributed by atoms with Crippen LogP contribution in [-0.2, 0) is 0 Å². The molecular weight excluding hydrogens is 368 g/mol. The summed E-state index contributed by atoms with van der Waals surface area (Å²) in [7, 11) is 3.94. The predicted molar refractivity (Wildman–Crippen MR) is 107 cm³/mol. The van der Waals surface area contributed by atoms with Crippen molar-refractivity contribution in [2.24, 2.45) is 0 Å². The van der Waals surface area contributed by atoms with Gasteiger partial charge in [-0.3, -0.25) is 10.1 Å². The first-order chi connectivity index (χ1) is 12.9. The van der Waals surface area contributed by atoms with Crippen LogP contribution in [0.15, 0.2) is 24.5 Å². The van der Waals surface area contributed by atoms with E-state index in [1.54, 1.807) is 12.1 Å². The first-order valence-electron chi connectivity index (χ1n) is 8.81. The number of piperidine rings is 1. The van der Waals surface area contributed by atoms with Crippen LogP contribution in [0, 0.1) is 17.0 Å². The van der Waals surface area contributed by atoms with E-state index in [9.17, 15) is 10.1 Å². The molecule has 3 rings (SSSR count). The van der Waals surface area contributed by atoms with Crippen molar-refractivity contribution >= 4 is 34.6 Å². The average molecular weight is 391 g/mol. The lowest BCUT2D eigenvalue weighted by Crippen LogP contribution is -2.42. The molecule has 2 heterocycles. The normalized spacial score (nSPS) is 15.6. The van der Waals surface area contributed by atoms with Crippen molar-refractivity contribution < 1.29 is 4.92 Å².